The maximum atomic E-state index is 12.8. The summed E-state index contributed by atoms with van der Waals surface area (Å²) in [6.45, 7) is 14.6. The van der Waals surface area contributed by atoms with Crippen molar-refractivity contribution in [1.29, 1.82) is 0 Å². The van der Waals surface area contributed by atoms with E-state index in [0.717, 1.165) is 84.0 Å². The lowest BCUT2D eigenvalue weighted by Gasteiger charge is -2.26. The van der Waals surface area contributed by atoms with Crippen LogP contribution < -0.4 is 20.9 Å². The number of carbonyl (C=O) groups is 2. The van der Waals surface area contributed by atoms with Gasteiger partial charge in [0.2, 0.25) is 11.8 Å². The minimum atomic E-state index is -0.602. The third-order valence-electron chi connectivity index (χ3n) is 12.2. The number of benzene rings is 2. The van der Waals surface area contributed by atoms with Gasteiger partial charge in [-0.2, -0.15) is 10.2 Å². The zero-order valence-electron chi connectivity index (χ0n) is 38.4. The standard InChI is InChI=1S/C49H56N12O6/c1-5-60-39(23-30(3)55-60)38-12-11-34-35-25-32(45(50)63)27-41(66-19-9-13-57-16-21-65-22-17-57)43(35)58(48(34)53-38)14-7-8-15-59-44-36(26-33(46(51)64)28-42(44)67-20-10-18-62)37-29-52-47(54-49(37)59)40-24-31(4)56-61(40)6-2/h7-8,11-12,23-29,62H,5-6,9-10,13-22H2,1-4H3,(H2,50,63)(H2,51,64)/b8-7+. The Labute approximate surface area is 386 Å². The Morgan fingerprint density at radius 2 is 1.30 bits per heavy atom. The first kappa shape index (κ1) is 45.0. The topological polar surface area (TPSA) is 222 Å². The van der Waals surface area contributed by atoms with Gasteiger partial charge in [0.1, 0.15) is 28.5 Å². The van der Waals surface area contributed by atoms with Crippen LogP contribution in [0.1, 0.15) is 58.8 Å². The smallest absolute Gasteiger partial charge is 0.248 e. The van der Waals surface area contributed by atoms with Crippen LogP contribution in [0.3, 0.4) is 0 Å². The van der Waals surface area contributed by atoms with Crippen LogP contribution in [0.25, 0.3) is 66.8 Å². The second kappa shape index (κ2) is 19.4. The van der Waals surface area contributed by atoms with Crippen LogP contribution in [0.15, 0.2) is 66.9 Å². The Bertz CT molecular complexity index is 3170. The molecule has 1 aliphatic rings. The molecule has 1 saturated heterocycles. The molecule has 0 aliphatic carbocycles. The number of nitrogens with two attached hydrogens (primary N) is 2. The molecule has 0 unspecified atom stereocenters. The first-order valence-corrected chi connectivity index (χ1v) is 22.9. The maximum Gasteiger partial charge on any atom is 0.248 e. The van der Waals surface area contributed by atoms with E-state index < -0.39 is 11.8 Å². The SMILES string of the molecule is CCn1nc(C)cc1-c1ccc2c3cc(C(N)=O)cc(OCCCN4CCOCC4)c3n(C/C=C/Cn3c4nc(-c5cc(C)nn5CC)ncc4c4cc(C(N)=O)cc(OCCCO)c43)c2n1. The highest BCUT2D eigenvalue weighted by atomic mass is 16.5. The molecule has 18 heteroatoms. The molecule has 8 aromatic rings. The fourth-order valence-corrected chi connectivity index (χ4v) is 9.01. The lowest BCUT2D eigenvalue weighted by Crippen LogP contribution is -2.37. The predicted molar refractivity (Wildman–Crippen MR) is 256 cm³/mol. The molecule has 1 fully saturated rings. The number of aliphatic hydroxyl groups is 1. The van der Waals surface area contributed by atoms with Crippen LogP contribution >= 0.6 is 0 Å². The van der Waals surface area contributed by atoms with Gasteiger partial charge in [-0.15, -0.1) is 0 Å². The number of nitrogens with zero attached hydrogens (tertiary/aromatic N) is 10. The molecule has 18 nitrogen and oxygen atoms in total. The van der Waals surface area contributed by atoms with Crippen molar-refractivity contribution in [3.8, 4) is 34.4 Å². The quantitative estimate of drug-likeness (QED) is 0.0649. The van der Waals surface area contributed by atoms with Crippen molar-refractivity contribution < 1.29 is 28.9 Å². The monoisotopic (exact) mass is 908 g/mol. The Morgan fingerprint density at radius 3 is 1.90 bits per heavy atom. The predicted octanol–water partition coefficient (Wildman–Crippen LogP) is 5.79. The number of allylic oxidation sites excluding steroid dienone is 2. The lowest BCUT2D eigenvalue weighted by molar-refractivity contribution is 0.0358. The molecule has 0 radical (unpaired) electrons. The number of aromatic nitrogens is 9. The molecule has 6 aromatic heterocycles. The summed E-state index contributed by atoms with van der Waals surface area (Å²) >= 11 is 0. The second-order valence-electron chi connectivity index (χ2n) is 16.7. The highest BCUT2D eigenvalue weighted by molar-refractivity contribution is 6.13. The summed E-state index contributed by atoms with van der Waals surface area (Å²) in [4.78, 5) is 43.1. The van der Waals surface area contributed by atoms with E-state index in [0.29, 0.717) is 89.7 Å². The van der Waals surface area contributed by atoms with Gasteiger partial charge in [-0.05, 0) is 82.6 Å². The fourth-order valence-electron chi connectivity index (χ4n) is 9.01. The normalized spacial score (nSPS) is 13.6. The van der Waals surface area contributed by atoms with Crippen LogP contribution in [0.5, 0.6) is 11.5 Å². The Morgan fingerprint density at radius 1 is 0.731 bits per heavy atom. The summed E-state index contributed by atoms with van der Waals surface area (Å²) < 4.78 is 26.4. The first-order valence-electron chi connectivity index (χ1n) is 22.9. The second-order valence-corrected chi connectivity index (χ2v) is 16.7. The van der Waals surface area contributed by atoms with Crippen LogP contribution in [0.2, 0.25) is 0 Å². The summed E-state index contributed by atoms with van der Waals surface area (Å²) in [5.41, 5.74) is 19.4. The number of primary amides is 2. The zero-order chi connectivity index (χ0) is 46.8. The van der Waals surface area contributed by atoms with Gasteiger partial charge in [0, 0.05) is 97.7 Å². The molecule has 2 amide bonds. The molecule has 0 saturated carbocycles. The van der Waals surface area contributed by atoms with E-state index in [1.54, 1.807) is 24.4 Å². The van der Waals surface area contributed by atoms with Gasteiger partial charge in [-0.3, -0.25) is 23.9 Å². The third kappa shape index (κ3) is 8.94. The number of aliphatic hydroxyl groups excluding tert-OH is 1. The van der Waals surface area contributed by atoms with E-state index in [1.807, 2.05) is 65.0 Å². The average Bonchev–Trinajstić information content (AvgIpc) is 4.09. The summed E-state index contributed by atoms with van der Waals surface area (Å²) in [6.07, 6.45) is 7.06. The average molecular weight is 909 g/mol. The van der Waals surface area contributed by atoms with Gasteiger partial charge in [-0.25, -0.2) is 15.0 Å². The molecule has 0 atom stereocenters. The van der Waals surface area contributed by atoms with E-state index in [2.05, 4.69) is 33.6 Å². The molecular formula is C49H56N12O6. The van der Waals surface area contributed by atoms with Gasteiger partial charge in [0.15, 0.2) is 5.82 Å². The Kier molecular flexibility index (Phi) is 13.0. The number of carbonyl (C=O) groups excluding carboxylic acids is 2. The molecule has 7 heterocycles. The number of hydrogen-bond donors (Lipinski definition) is 3. The molecule has 0 bridgehead atoms. The van der Waals surface area contributed by atoms with E-state index in [9.17, 15) is 14.7 Å². The van der Waals surface area contributed by atoms with E-state index in [4.69, 9.17) is 45.7 Å². The lowest BCUT2D eigenvalue weighted by atomic mass is 10.1. The molecule has 2 aromatic carbocycles. The number of fused-ring (bicyclic) bond motifs is 6. The van der Waals surface area contributed by atoms with Crippen LogP contribution in [0.4, 0.5) is 0 Å². The summed E-state index contributed by atoms with van der Waals surface area (Å²) in [5.74, 6) is 0.320. The van der Waals surface area contributed by atoms with Crippen LogP contribution in [0, 0.1) is 13.8 Å². The zero-order valence-corrected chi connectivity index (χ0v) is 38.4. The molecular weight excluding hydrogens is 853 g/mol. The fraction of sp³-hybridized carbons (Fsp3) is 0.367. The van der Waals surface area contributed by atoms with Crippen molar-refractivity contribution in [2.75, 3.05) is 52.7 Å². The minimum absolute atomic E-state index is 0.0598. The Hall–Kier alpha value is -7.15. The summed E-state index contributed by atoms with van der Waals surface area (Å²) in [5, 5.41) is 22.0. The summed E-state index contributed by atoms with van der Waals surface area (Å²) in [7, 11) is 0. The maximum absolute atomic E-state index is 12.8. The van der Waals surface area contributed by atoms with Gasteiger partial charge in [-0.1, -0.05) is 12.2 Å². The van der Waals surface area contributed by atoms with Crippen molar-refractivity contribution in [3.63, 3.8) is 0 Å². The molecule has 67 heavy (non-hydrogen) atoms. The van der Waals surface area contributed by atoms with E-state index in [-0.39, 0.29) is 18.8 Å². The van der Waals surface area contributed by atoms with E-state index >= 15 is 0 Å². The van der Waals surface area contributed by atoms with E-state index in [1.165, 1.54) is 0 Å². The molecule has 1 aliphatic heterocycles. The van der Waals surface area contributed by atoms with Gasteiger partial charge in [0.05, 0.1) is 60.2 Å². The van der Waals surface area contributed by atoms with Crippen molar-refractivity contribution in [3.05, 3.63) is 89.4 Å². The van der Waals surface area contributed by atoms with Gasteiger partial charge in [0.25, 0.3) is 0 Å². The van der Waals surface area contributed by atoms with Crippen molar-refractivity contribution in [2.24, 2.45) is 11.5 Å². The third-order valence-corrected chi connectivity index (χ3v) is 12.2. The Balaban J connectivity index is 1.16. The number of hydrogen-bond acceptors (Lipinski definition) is 12. The van der Waals surface area contributed by atoms with Gasteiger partial charge >= 0.3 is 0 Å². The van der Waals surface area contributed by atoms with Crippen molar-refractivity contribution >= 4 is 55.7 Å². The largest absolute Gasteiger partial charge is 0.491 e. The number of pyridine rings is 1. The van der Waals surface area contributed by atoms with Crippen molar-refractivity contribution in [2.45, 2.75) is 66.7 Å². The number of ether oxygens (including phenoxy) is 3. The number of amides is 2. The van der Waals surface area contributed by atoms with Gasteiger partial charge < -0.3 is 39.9 Å². The highest BCUT2D eigenvalue weighted by Gasteiger charge is 2.23. The first-order chi connectivity index (χ1) is 32.6. The van der Waals surface area contributed by atoms with Crippen LogP contribution in [-0.2, 0) is 30.9 Å². The van der Waals surface area contributed by atoms with Crippen molar-refractivity contribution in [1.82, 2.24) is 48.5 Å². The summed E-state index contributed by atoms with van der Waals surface area (Å²) in [6, 6.07) is 15.0. The number of morpholine rings is 1. The molecule has 0 spiro atoms. The number of aryl methyl sites for hydroxylation is 4. The minimum Gasteiger partial charge on any atom is -0.491 e. The van der Waals surface area contributed by atoms with Crippen LogP contribution in [-0.4, -0.2) is 118 Å². The molecule has 5 N–H and O–H groups in total. The highest BCUT2D eigenvalue weighted by Crippen LogP contribution is 2.39. The molecule has 9 rings (SSSR count). The molecule has 348 valence electrons. The number of rotatable bonds is 19.